The predicted octanol–water partition coefficient (Wildman–Crippen LogP) is 0.459. The van der Waals surface area contributed by atoms with Crippen LogP contribution in [0.5, 0.6) is 5.75 Å². The molecule has 15 heteroatoms. The van der Waals surface area contributed by atoms with Crippen LogP contribution in [0.15, 0.2) is 54.6 Å². The average molecular weight is 733 g/mol. The molecule has 0 radical (unpaired) electrons. The molecule has 3 aromatic carbocycles. The van der Waals surface area contributed by atoms with Crippen LogP contribution in [0.2, 0.25) is 0 Å². The zero-order chi connectivity index (χ0) is 38.7. The number of carbonyl (C=O) groups excluding carboxylic acids is 9. The highest BCUT2D eigenvalue weighted by Crippen LogP contribution is 2.52. The van der Waals surface area contributed by atoms with E-state index in [9.17, 15) is 53.4 Å². The molecule has 3 aliphatic carbocycles. The lowest BCUT2D eigenvalue weighted by atomic mass is 9.52. The fourth-order valence-electron chi connectivity index (χ4n) is 9.18. The number of primary amides is 1. The summed E-state index contributed by atoms with van der Waals surface area (Å²) in [5.41, 5.74) is 2.90. The Balaban J connectivity index is 1.25. The largest absolute Gasteiger partial charge is 0.507 e. The Morgan fingerprint density at radius 1 is 0.796 bits per heavy atom. The molecule has 0 spiro atoms. The number of likely N-dealkylation sites (N-methyl/N-ethyl adjacent to an activating group) is 1. The van der Waals surface area contributed by atoms with Crippen LogP contribution in [-0.4, -0.2) is 103 Å². The summed E-state index contributed by atoms with van der Waals surface area (Å²) in [6.45, 7) is -0.930. The molecule has 2 aliphatic heterocycles. The summed E-state index contributed by atoms with van der Waals surface area (Å²) >= 11 is 0. The molecule has 0 aromatic heterocycles. The van der Waals surface area contributed by atoms with Gasteiger partial charge in [-0.1, -0.05) is 24.3 Å². The van der Waals surface area contributed by atoms with E-state index in [-0.39, 0.29) is 51.8 Å². The monoisotopic (exact) mass is 732 g/mol. The van der Waals surface area contributed by atoms with Crippen molar-refractivity contribution in [3.05, 3.63) is 99.1 Å². The van der Waals surface area contributed by atoms with Crippen LogP contribution < -0.4 is 5.73 Å². The lowest BCUT2D eigenvalue weighted by Gasteiger charge is -2.52. The number of ketones is 4. The number of phenols is 1. The van der Waals surface area contributed by atoms with Crippen molar-refractivity contribution in [2.45, 2.75) is 37.6 Å². The van der Waals surface area contributed by atoms with Gasteiger partial charge in [-0.15, -0.1) is 0 Å². The molecule has 2 unspecified atom stereocenters. The molecule has 0 bridgehead atoms. The zero-order valence-electron chi connectivity index (χ0n) is 28.9. The number of hydrogen-bond donors (Lipinski definition) is 3. The SMILES string of the molecule is CN(C)[C@H]1C(=O)C(C(N)=O)C(=O)[C@]2(O)C(=O)C3C(=O)c4c(O)c(CN5C(=O)c6ccccc6C5=O)cc(CN5C(=O)c6ccccc6C5=O)c4C[C@@H]3C[C@H]12. The first-order valence-electron chi connectivity index (χ1n) is 17.2. The Kier molecular flexibility index (Phi) is 7.69. The normalized spacial score (nSPS) is 27.3. The summed E-state index contributed by atoms with van der Waals surface area (Å²) in [7, 11) is 2.95. The molecule has 2 heterocycles. The number of nitrogens with two attached hydrogens (primary N) is 1. The fraction of sp³-hybridized carbons (Fsp3) is 0.308. The van der Waals surface area contributed by atoms with Gasteiger partial charge in [-0.25, -0.2) is 0 Å². The number of Topliss-reactive ketones (excluding diaryl/α,β-unsaturated/α-hetero) is 4. The number of carbonyl (C=O) groups is 9. The lowest BCUT2D eigenvalue weighted by molar-refractivity contribution is -0.181. The van der Waals surface area contributed by atoms with Gasteiger partial charge in [0, 0.05) is 11.5 Å². The molecule has 6 atom stereocenters. The lowest BCUT2D eigenvalue weighted by Crippen LogP contribution is -2.74. The molecule has 2 fully saturated rings. The Morgan fingerprint density at radius 2 is 1.28 bits per heavy atom. The van der Waals surface area contributed by atoms with Gasteiger partial charge >= 0.3 is 0 Å². The second kappa shape index (κ2) is 11.9. The Morgan fingerprint density at radius 3 is 1.74 bits per heavy atom. The standard InChI is InChI=1S/C39H32N4O11/c1-41(2)28-24-13-16-12-23-17(14-42-35(50)19-7-3-4-8-20(19)36(42)51)11-18(15-43-37(52)21-9-5-6-10-22(21)38(43)53)29(44)26(23)30(45)25(16)32(47)39(24,54)33(48)27(31(28)46)34(40)49/h3-11,16,24-25,27-28,44,54H,12-15H2,1-2H3,(H2,40,49)/t16-,24-,25?,27?,28-,39-/m1/s1. The molecule has 8 rings (SSSR count). The van der Waals surface area contributed by atoms with Crippen LogP contribution in [-0.2, 0) is 38.7 Å². The number of aliphatic hydroxyl groups is 1. The van der Waals surface area contributed by atoms with E-state index in [2.05, 4.69) is 0 Å². The third kappa shape index (κ3) is 4.57. The van der Waals surface area contributed by atoms with Gasteiger partial charge in [0.2, 0.25) is 5.91 Å². The van der Waals surface area contributed by atoms with E-state index in [0.29, 0.717) is 0 Å². The first-order valence-corrected chi connectivity index (χ1v) is 17.2. The van der Waals surface area contributed by atoms with Crippen molar-refractivity contribution >= 4 is 52.7 Å². The molecule has 4 N–H and O–H groups in total. The third-order valence-electron chi connectivity index (χ3n) is 11.6. The van der Waals surface area contributed by atoms with E-state index in [1.54, 1.807) is 24.3 Å². The van der Waals surface area contributed by atoms with E-state index >= 15 is 0 Å². The fourth-order valence-corrected chi connectivity index (χ4v) is 9.18. The molecule has 15 nitrogen and oxygen atoms in total. The summed E-state index contributed by atoms with van der Waals surface area (Å²) in [5.74, 6) is -15.3. The van der Waals surface area contributed by atoms with Crippen molar-refractivity contribution in [2.75, 3.05) is 14.1 Å². The Hall–Kier alpha value is -6.19. The van der Waals surface area contributed by atoms with Gasteiger partial charge in [0.05, 0.1) is 52.9 Å². The number of benzene rings is 3. The second-order valence-electron chi connectivity index (χ2n) is 14.7. The van der Waals surface area contributed by atoms with Gasteiger partial charge in [0.25, 0.3) is 23.6 Å². The molecule has 0 saturated heterocycles. The number of nitrogens with zero attached hydrogens (tertiary/aromatic N) is 3. The average Bonchev–Trinajstić information content (AvgIpc) is 3.51. The third-order valence-corrected chi connectivity index (χ3v) is 11.6. The summed E-state index contributed by atoms with van der Waals surface area (Å²) in [5, 5.41) is 23.8. The molecule has 5 aliphatic rings. The molecule has 3 aromatic rings. The van der Waals surface area contributed by atoms with Crippen LogP contribution >= 0.6 is 0 Å². The van der Waals surface area contributed by atoms with Gasteiger partial charge in [-0.2, -0.15) is 0 Å². The minimum atomic E-state index is -2.95. The number of imide groups is 2. The molecule has 54 heavy (non-hydrogen) atoms. The van der Waals surface area contributed by atoms with Crippen LogP contribution in [0.25, 0.3) is 0 Å². The topological polar surface area (TPSA) is 230 Å². The number of rotatable bonds is 6. The Labute approximate surface area is 306 Å². The van der Waals surface area contributed by atoms with Crippen LogP contribution in [0, 0.1) is 23.7 Å². The van der Waals surface area contributed by atoms with E-state index in [0.717, 1.165) is 9.80 Å². The number of hydrogen-bond acceptors (Lipinski definition) is 12. The highest BCUT2D eigenvalue weighted by molar-refractivity contribution is 6.32. The number of aromatic hydroxyl groups is 1. The van der Waals surface area contributed by atoms with Crippen LogP contribution in [0.1, 0.15) is 74.9 Å². The van der Waals surface area contributed by atoms with Crippen LogP contribution in [0.4, 0.5) is 0 Å². The Bertz CT molecular complexity index is 2280. The highest BCUT2D eigenvalue weighted by atomic mass is 16.3. The minimum Gasteiger partial charge on any atom is -0.507 e. The summed E-state index contributed by atoms with van der Waals surface area (Å²) in [4.78, 5) is 125. The summed E-state index contributed by atoms with van der Waals surface area (Å²) in [6.07, 6.45) is -0.348. The van der Waals surface area contributed by atoms with Crippen molar-refractivity contribution < 1.29 is 53.4 Å². The molecular weight excluding hydrogens is 700 g/mol. The zero-order valence-corrected chi connectivity index (χ0v) is 28.9. The van der Waals surface area contributed by atoms with E-state index in [4.69, 9.17) is 5.73 Å². The van der Waals surface area contributed by atoms with E-state index in [1.165, 1.54) is 49.3 Å². The maximum atomic E-state index is 14.6. The second-order valence-corrected chi connectivity index (χ2v) is 14.7. The number of phenolic OH excluding ortho intramolecular Hbond substituents is 1. The predicted molar refractivity (Wildman–Crippen MR) is 183 cm³/mol. The summed E-state index contributed by atoms with van der Waals surface area (Å²) < 4.78 is 0. The van der Waals surface area contributed by atoms with Crippen molar-refractivity contribution in [3.8, 4) is 5.75 Å². The molecule has 5 amide bonds. The van der Waals surface area contributed by atoms with Crippen molar-refractivity contribution in [1.82, 2.24) is 14.7 Å². The highest BCUT2D eigenvalue weighted by Gasteiger charge is 2.69. The minimum absolute atomic E-state index is 0.109. The van der Waals surface area contributed by atoms with Gasteiger partial charge in [0.1, 0.15) is 5.75 Å². The van der Waals surface area contributed by atoms with Gasteiger partial charge in [-0.3, -0.25) is 57.9 Å². The molecule has 2 saturated carbocycles. The van der Waals surface area contributed by atoms with Gasteiger partial charge in [-0.05, 0) is 74.3 Å². The smallest absolute Gasteiger partial charge is 0.261 e. The van der Waals surface area contributed by atoms with Crippen molar-refractivity contribution in [3.63, 3.8) is 0 Å². The van der Waals surface area contributed by atoms with Gasteiger partial charge in [0.15, 0.2) is 34.7 Å². The maximum Gasteiger partial charge on any atom is 0.261 e. The number of fused-ring (bicyclic) bond motifs is 5. The molecule has 274 valence electrons. The number of amides is 5. The van der Waals surface area contributed by atoms with Crippen molar-refractivity contribution in [2.24, 2.45) is 29.4 Å². The first-order chi connectivity index (χ1) is 25.6. The van der Waals surface area contributed by atoms with Crippen molar-refractivity contribution in [1.29, 1.82) is 0 Å². The quantitative estimate of drug-likeness (QED) is 0.232. The van der Waals surface area contributed by atoms with E-state index < -0.39 is 112 Å². The van der Waals surface area contributed by atoms with Gasteiger partial charge < -0.3 is 15.9 Å². The maximum absolute atomic E-state index is 14.6. The van der Waals surface area contributed by atoms with E-state index in [1.807, 2.05) is 0 Å². The first kappa shape index (κ1) is 34.9. The molecular formula is C39H32N4O11. The summed E-state index contributed by atoms with van der Waals surface area (Å²) in [6, 6.07) is 12.4. The van der Waals surface area contributed by atoms with Crippen LogP contribution in [0.3, 0.4) is 0 Å².